The molecular formula is C40H47N7O6. The number of aromatic hydroxyl groups is 1. The molecule has 4 aromatic rings. The lowest BCUT2D eigenvalue weighted by atomic mass is 9.98. The minimum Gasteiger partial charge on any atom is -0.508 e. The van der Waals surface area contributed by atoms with Crippen LogP contribution < -0.4 is 10.6 Å². The van der Waals surface area contributed by atoms with Crippen LogP contribution in [0, 0.1) is 0 Å². The zero-order valence-electron chi connectivity index (χ0n) is 30.2. The SMILES string of the molecule is C=CCN1CC(=O)N2[C@@H](Cc3ccc(O)cc3)C(=O)N(Cc3cccc4c(C(=O)NCCCCOC)cn(C)c34)C[C@@H]2N1C(=O)NCc1ccccc1. The number of rotatable bonds is 14. The molecule has 53 heavy (non-hydrogen) atoms. The van der Waals surface area contributed by atoms with Crippen molar-refractivity contribution in [2.24, 2.45) is 7.05 Å². The minimum atomic E-state index is -0.923. The number of hydrogen-bond acceptors (Lipinski definition) is 7. The average Bonchev–Trinajstić information content (AvgIpc) is 3.50. The number of ether oxygens (including phenoxy) is 1. The number of nitrogens with one attached hydrogen (secondary N) is 2. The van der Waals surface area contributed by atoms with Crippen LogP contribution in [0.15, 0.2) is 91.6 Å². The van der Waals surface area contributed by atoms with E-state index in [-0.39, 0.29) is 62.6 Å². The highest BCUT2D eigenvalue weighted by atomic mass is 16.5. The Morgan fingerprint density at radius 3 is 2.49 bits per heavy atom. The lowest BCUT2D eigenvalue weighted by Crippen LogP contribution is -2.76. The number of para-hydroxylation sites is 1. The van der Waals surface area contributed by atoms with Crippen molar-refractivity contribution in [3.8, 4) is 5.75 Å². The molecule has 13 nitrogen and oxygen atoms in total. The van der Waals surface area contributed by atoms with Gasteiger partial charge in [0.05, 0.1) is 24.2 Å². The molecule has 0 aliphatic carbocycles. The summed E-state index contributed by atoms with van der Waals surface area (Å²) in [5, 5.41) is 19.9. The number of hydrazine groups is 1. The average molecular weight is 722 g/mol. The standard InChI is InChI=1S/C40H47N7O6/c1-4-20-45-27-36(49)46-34(22-28-15-17-31(48)18-16-28)39(51)44(26-35(46)47(45)40(52)42-23-29-11-6-5-7-12-29)24-30-13-10-14-32-33(25-43(2)37(30)32)38(50)41-19-8-9-21-53-3/h4-7,10-18,25,34-35,48H,1,8-9,19-24,26-27H2,2-3H3,(H,41,50)(H,42,52)/t34-,35-/m0/s1. The van der Waals surface area contributed by atoms with E-state index in [1.165, 1.54) is 0 Å². The maximum Gasteiger partial charge on any atom is 0.334 e. The zero-order chi connectivity index (χ0) is 37.5. The molecule has 0 bridgehead atoms. The highest BCUT2D eigenvalue weighted by molar-refractivity contribution is 6.07. The first-order valence-electron chi connectivity index (χ1n) is 17.9. The van der Waals surface area contributed by atoms with E-state index in [0.717, 1.165) is 40.4 Å². The quantitative estimate of drug-likeness (QED) is 0.133. The molecule has 278 valence electrons. The lowest BCUT2D eigenvalue weighted by molar-refractivity contribution is -0.189. The van der Waals surface area contributed by atoms with Crippen molar-refractivity contribution in [3.05, 3.63) is 114 Å². The number of amides is 5. The Hall–Kier alpha value is -5.66. The number of piperazine rings is 1. The highest BCUT2D eigenvalue weighted by Crippen LogP contribution is 2.31. The Kier molecular flexibility index (Phi) is 11.8. The van der Waals surface area contributed by atoms with Gasteiger partial charge in [-0.1, -0.05) is 66.7 Å². The Morgan fingerprint density at radius 1 is 0.981 bits per heavy atom. The fourth-order valence-electron chi connectivity index (χ4n) is 7.29. The number of aromatic nitrogens is 1. The Labute approximate surface area is 309 Å². The van der Waals surface area contributed by atoms with Crippen molar-refractivity contribution in [2.75, 3.05) is 39.9 Å². The summed E-state index contributed by atoms with van der Waals surface area (Å²) >= 11 is 0. The van der Waals surface area contributed by atoms with E-state index < -0.39 is 18.2 Å². The zero-order valence-corrected chi connectivity index (χ0v) is 30.2. The van der Waals surface area contributed by atoms with Crippen LogP contribution in [-0.2, 0) is 40.9 Å². The molecule has 1 aromatic heterocycles. The van der Waals surface area contributed by atoms with Gasteiger partial charge in [0, 0.05) is 64.9 Å². The second-order valence-electron chi connectivity index (χ2n) is 13.4. The molecule has 0 unspecified atom stereocenters. The molecule has 2 atom stereocenters. The number of fused-ring (bicyclic) bond motifs is 2. The predicted molar refractivity (Wildman–Crippen MR) is 200 cm³/mol. The first-order valence-corrected chi connectivity index (χ1v) is 17.9. The van der Waals surface area contributed by atoms with Crippen LogP contribution >= 0.6 is 0 Å². The van der Waals surface area contributed by atoms with Crippen LogP contribution in [0.25, 0.3) is 10.9 Å². The Morgan fingerprint density at radius 2 is 1.75 bits per heavy atom. The number of benzene rings is 3. The van der Waals surface area contributed by atoms with Crippen molar-refractivity contribution < 1.29 is 29.0 Å². The van der Waals surface area contributed by atoms with E-state index in [9.17, 15) is 24.3 Å². The molecule has 3 aromatic carbocycles. The Bertz CT molecular complexity index is 1950. The fourth-order valence-corrected chi connectivity index (χ4v) is 7.29. The molecule has 0 spiro atoms. The molecule has 3 heterocycles. The summed E-state index contributed by atoms with van der Waals surface area (Å²) < 4.78 is 7.01. The van der Waals surface area contributed by atoms with Crippen molar-refractivity contribution in [3.63, 3.8) is 0 Å². The van der Waals surface area contributed by atoms with E-state index >= 15 is 0 Å². The number of phenols is 1. The van der Waals surface area contributed by atoms with Gasteiger partial charge in [0.25, 0.3) is 5.91 Å². The lowest BCUT2D eigenvalue weighted by Gasteiger charge is -2.55. The van der Waals surface area contributed by atoms with E-state index in [1.807, 2.05) is 60.1 Å². The molecule has 3 N–H and O–H groups in total. The third-order valence-corrected chi connectivity index (χ3v) is 9.78. The molecule has 2 aliphatic rings. The maximum absolute atomic E-state index is 14.6. The van der Waals surface area contributed by atoms with Crippen LogP contribution in [0.2, 0.25) is 0 Å². The van der Waals surface area contributed by atoms with Crippen molar-refractivity contribution in [1.82, 2.24) is 35.0 Å². The highest BCUT2D eigenvalue weighted by Gasteiger charge is 2.51. The first kappa shape index (κ1) is 37.1. The molecule has 0 radical (unpaired) electrons. The molecule has 2 aliphatic heterocycles. The van der Waals surface area contributed by atoms with Gasteiger partial charge in [0.2, 0.25) is 11.8 Å². The summed E-state index contributed by atoms with van der Waals surface area (Å²) in [5.41, 5.74) is 3.84. The van der Waals surface area contributed by atoms with Gasteiger partial charge >= 0.3 is 6.03 Å². The van der Waals surface area contributed by atoms with Gasteiger partial charge in [-0.2, -0.15) is 0 Å². The van der Waals surface area contributed by atoms with Crippen LogP contribution in [0.4, 0.5) is 4.79 Å². The summed E-state index contributed by atoms with van der Waals surface area (Å²) in [4.78, 5) is 59.2. The second-order valence-corrected chi connectivity index (χ2v) is 13.4. The summed E-state index contributed by atoms with van der Waals surface area (Å²) in [6, 6.07) is 20.5. The second kappa shape index (κ2) is 16.8. The molecule has 0 saturated carbocycles. The van der Waals surface area contributed by atoms with Crippen LogP contribution in [0.5, 0.6) is 5.75 Å². The fraction of sp³-hybridized carbons (Fsp3) is 0.350. The van der Waals surface area contributed by atoms with E-state index in [1.54, 1.807) is 63.5 Å². The molecular weight excluding hydrogens is 674 g/mol. The topological polar surface area (TPSA) is 140 Å². The largest absolute Gasteiger partial charge is 0.508 e. The molecule has 5 amide bonds. The summed E-state index contributed by atoms with van der Waals surface area (Å²) in [6.07, 6.45) is 4.45. The number of aryl methyl sites for hydroxylation is 1. The summed E-state index contributed by atoms with van der Waals surface area (Å²) in [7, 11) is 3.53. The van der Waals surface area contributed by atoms with Crippen molar-refractivity contribution in [1.29, 1.82) is 0 Å². The number of phenolic OH excluding ortho intramolecular Hbond substituents is 1. The van der Waals surface area contributed by atoms with Gasteiger partial charge in [-0.3, -0.25) is 14.4 Å². The van der Waals surface area contributed by atoms with Gasteiger partial charge in [-0.05, 0) is 41.7 Å². The van der Waals surface area contributed by atoms with E-state index in [0.29, 0.717) is 18.7 Å². The van der Waals surface area contributed by atoms with E-state index in [2.05, 4.69) is 17.2 Å². The van der Waals surface area contributed by atoms with Gasteiger partial charge in [0.15, 0.2) is 0 Å². The van der Waals surface area contributed by atoms with Gasteiger partial charge < -0.3 is 34.8 Å². The molecule has 13 heteroatoms. The smallest absolute Gasteiger partial charge is 0.334 e. The Balaban J connectivity index is 1.33. The van der Waals surface area contributed by atoms with Gasteiger partial charge in [0.1, 0.15) is 18.0 Å². The number of urea groups is 1. The third kappa shape index (κ3) is 8.21. The van der Waals surface area contributed by atoms with Crippen LogP contribution in [-0.4, -0.2) is 105 Å². The minimum absolute atomic E-state index is 0.0542. The van der Waals surface area contributed by atoms with Crippen LogP contribution in [0.3, 0.4) is 0 Å². The molecule has 2 fully saturated rings. The predicted octanol–water partition coefficient (Wildman–Crippen LogP) is 3.78. The number of unbranched alkanes of at least 4 members (excludes halogenated alkanes) is 1. The van der Waals surface area contributed by atoms with Crippen molar-refractivity contribution in [2.45, 2.75) is 44.6 Å². The van der Waals surface area contributed by atoms with E-state index in [4.69, 9.17) is 4.74 Å². The monoisotopic (exact) mass is 721 g/mol. The maximum atomic E-state index is 14.6. The first-order chi connectivity index (χ1) is 25.7. The number of nitrogens with zero attached hydrogens (tertiary/aromatic N) is 5. The molecule has 2 saturated heterocycles. The normalized spacial score (nSPS) is 17.6. The third-order valence-electron chi connectivity index (χ3n) is 9.78. The number of carbonyl (C=O) groups is 4. The number of carbonyl (C=O) groups excluding carboxylic acids is 4. The van der Waals surface area contributed by atoms with Gasteiger partial charge in [-0.25, -0.2) is 14.8 Å². The van der Waals surface area contributed by atoms with Gasteiger partial charge in [-0.15, -0.1) is 6.58 Å². The summed E-state index contributed by atoms with van der Waals surface area (Å²) in [5.74, 6) is -0.620. The number of hydrogen-bond donors (Lipinski definition) is 3. The van der Waals surface area contributed by atoms with Crippen LogP contribution in [0.1, 0.15) is 39.9 Å². The number of methoxy groups -OCH3 is 1. The summed E-state index contributed by atoms with van der Waals surface area (Å²) in [6.45, 7) is 5.66. The van der Waals surface area contributed by atoms with Crippen molar-refractivity contribution >= 4 is 34.7 Å². The molecule has 6 rings (SSSR count).